The Kier molecular flexibility index (Phi) is 5.58. The van der Waals surface area contributed by atoms with Gasteiger partial charge in [0.15, 0.2) is 0 Å². The lowest BCUT2D eigenvalue weighted by molar-refractivity contribution is -0.274. The van der Waals surface area contributed by atoms with Crippen LogP contribution in [-0.4, -0.2) is 23.3 Å². The fourth-order valence-corrected chi connectivity index (χ4v) is 3.43. The van der Waals surface area contributed by atoms with E-state index in [0.29, 0.717) is 12.0 Å². The number of halogens is 3. The van der Waals surface area contributed by atoms with Crippen LogP contribution >= 0.6 is 0 Å². The number of nitrogens with one attached hydrogen (secondary N) is 1. The second-order valence-electron chi connectivity index (χ2n) is 6.57. The van der Waals surface area contributed by atoms with Crippen LogP contribution < -0.4 is 10.1 Å². The van der Waals surface area contributed by atoms with E-state index in [-0.39, 0.29) is 18.2 Å². The third-order valence-electron chi connectivity index (χ3n) is 4.66. The Morgan fingerprint density at radius 3 is 2.46 bits per heavy atom. The first-order valence-corrected chi connectivity index (χ1v) is 8.68. The molecule has 2 unspecified atom stereocenters. The predicted molar refractivity (Wildman–Crippen MR) is 93.8 cm³/mol. The van der Waals surface area contributed by atoms with Gasteiger partial charge in [-0.15, -0.1) is 13.2 Å². The molecule has 0 saturated carbocycles. The molecule has 2 N–H and O–H groups in total. The van der Waals surface area contributed by atoms with Crippen molar-refractivity contribution in [3.05, 3.63) is 65.2 Å². The second kappa shape index (κ2) is 7.92. The number of aliphatic carboxylic acids is 1. The molecule has 0 spiro atoms. The standard InChI is InChI=1S/C20H18F3NO4/c21-20(22,23)28-14-8-5-13(6-9-14)17(11-18(25)26)24-19(27)16-10-7-12-3-1-2-4-15(12)16/h1-6,8-9,16-17H,7,10-11H2,(H,24,27)(H,25,26). The molecule has 28 heavy (non-hydrogen) atoms. The van der Waals surface area contributed by atoms with E-state index in [4.69, 9.17) is 5.11 Å². The van der Waals surface area contributed by atoms with Gasteiger partial charge in [0.1, 0.15) is 5.75 Å². The molecule has 0 saturated heterocycles. The fraction of sp³-hybridized carbons (Fsp3) is 0.300. The molecule has 0 aromatic heterocycles. The summed E-state index contributed by atoms with van der Waals surface area (Å²) in [4.78, 5) is 24.0. The summed E-state index contributed by atoms with van der Waals surface area (Å²) in [6.45, 7) is 0. The van der Waals surface area contributed by atoms with Gasteiger partial charge < -0.3 is 15.2 Å². The number of benzene rings is 2. The van der Waals surface area contributed by atoms with E-state index < -0.39 is 24.1 Å². The smallest absolute Gasteiger partial charge is 0.481 e. The summed E-state index contributed by atoms with van der Waals surface area (Å²) in [6.07, 6.45) is -3.81. The van der Waals surface area contributed by atoms with Crippen molar-refractivity contribution < 1.29 is 32.6 Å². The van der Waals surface area contributed by atoms with E-state index in [1.165, 1.54) is 12.1 Å². The topological polar surface area (TPSA) is 75.6 Å². The minimum atomic E-state index is -4.81. The van der Waals surface area contributed by atoms with Crippen molar-refractivity contribution in [2.45, 2.75) is 37.6 Å². The molecule has 148 valence electrons. The van der Waals surface area contributed by atoms with Crippen molar-refractivity contribution in [3.8, 4) is 5.75 Å². The molecule has 3 rings (SSSR count). The maximum atomic E-state index is 12.8. The van der Waals surface area contributed by atoms with Gasteiger partial charge in [0, 0.05) is 0 Å². The van der Waals surface area contributed by atoms with Gasteiger partial charge in [-0.1, -0.05) is 36.4 Å². The molecule has 2 atom stereocenters. The van der Waals surface area contributed by atoms with Gasteiger partial charge in [-0.25, -0.2) is 0 Å². The maximum Gasteiger partial charge on any atom is 0.573 e. The summed E-state index contributed by atoms with van der Waals surface area (Å²) in [5, 5.41) is 11.9. The van der Waals surface area contributed by atoms with Gasteiger partial charge in [0.2, 0.25) is 5.91 Å². The molecule has 0 aliphatic heterocycles. The van der Waals surface area contributed by atoms with Crippen LogP contribution in [0.15, 0.2) is 48.5 Å². The molecule has 0 bridgehead atoms. The van der Waals surface area contributed by atoms with Gasteiger partial charge >= 0.3 is 12.3 Å². The third-order valence-corrected chi connectivity index (χ3v) is 4.66. The number of hydrogen-bond acceptors (Lipinski definition) is 3. The minimum absolute atomic E-state index is 0.299. The summed E-state index contributed by atoms with van der Waals surface area (Å²) in [6, 6.07) is 11.5. The van der Waals surface area contributed by atoms with Gasteiger partial charge in [-0.05, 0) is 41.7 Å². The third kappa shape index (κ3) is 4.82. The number of carbonyl (C=O) groups excluding carboxylic acids is 1. The summed E-state index contributed by atoms with van der Waals surface area (Å²) < 4.78 is 40.7. The number of carboxylic acids is 1. The average Bonchev–Trinajstić information content (AvgIpc) is 3.04. The van der Waals surface area contributed by atoms with Gasteiger partial charge in [-0.2, -0.15) is 0 Å². The number of aryl methyl sites for hydroxylation is 1. The Hall–Kier alpha value is -3.03. The van der Waals surface area contributed by atoms with Crippen molar-refractivity contribution in [2.24, 2.45) is 0 Å². The Morgan fingerprint density at radius 2 is 1.82 bits per heavy atom. The van der Waals surface area contributed by atoms with Gasteiger partial charge in [-0.3, -0.25) is 9.59 Å². The average molecular weight is 393 g/mol. The van der Waals surface area contributed by atoms with Crippen molar-refractivity contribution in [1.29, 1.82) is 0 Å². The number of carbonyl (C=O) groups is 2. The van der Waals surface area contributed by atoms with Crippen molar-refractivity contribution in [1.82, 2.24) is 5.32 Å². The van der Waals surface area contributed by atoms with Gasteiger partial charge in [0.05, 0.1) is 18.4 Å². The highest BCUT2D eigenvalue weighted by atomic mass is 19.4. The van der Waals surface area contributed by atoms with E-state index in [1.54, 1.807) is 0 Å². The number of fused-ring (bicyclic) bond motifs is 1. The first-order valence-electron chi connectivity index (χ1n) is 8.68. The Morgan fingerprint density at radius 1 is 1.14 bits per heavy atom. The molecule has 1 aliphatic rings. The SMILES string of the molecule is O=C(O)CC(NC(=O)C1CCc2ccccc21)c1ccc(OC(F)(F)F)cc1. The van der Waals surface area contributed by atoms with Crippen LogP contribution in [0.4, 0.5) is 13.2 Å². The monoisotopic (exact) mass is 393 g/mol. The molecule has 1 aliphatic carbocycles. The van der Waals surface area contributed by atoms with Crippen LogP contribution in [0.1, 0.15) is 41.5 Å². The normalized spacial score (nSPS) is 16.9. The highest BCUT2D eigenvalue weighted by Crippen LogP contribution is 2.34. The highest BCUT2D eigenvalue weighted by Gasteiger charge is 2.32. The molecule has 8 heteroatoms. The maximum absolute atomic E-state index is 12.8. The zero-order valence-electron chi connectivity index (χ0n) is 14.7. The Bertz CT molecular complexity index is 864. The van der Waals surface area contributed by atoms with E-state index in [1.807, 2.05) is 24.3 Å². The second-order valence-corrected chi connectivity index (χ2v) is 6.57. The summed E-state index contributed by atoms with van der Waals surface area (Å²) in [7, 11) is 0. The predicted octanol–water partition coefficient (Wildman–Crippen LogP) is 3.95. The summed E-state index contributed by atoms with van der Waals surface area (Å²) in [5.74, 6) is -2.22. The van der Waals surface area contributed by atoms with Crippen molar-refractivity contribution >= 4 is 11.9 Å². The molecule has 5 nitrogen and oxygen atoms in total. The van der Waals surface area contributed by atoms with Crippen LogP contribution in [0.25, 0.3) is 0 Å². The highest BCUT2D eigenvalue weighted by molar-refractivity contribution is 5.85. The Balaban J connectivity index is 1.75. The van der Waals surface area contributed by atoms with Crippen LogP contribution in [0, 0.1) is 0 Å². The van der Waals surface area contributed by atoms with E-state index >= 15 is 0 Å². The van der Waals surface area contributed by atoms with E-state index in [0.717, 1.165) is 29.7 Å². The van der Waals surface area contributed by atoms with Crippen LogP contribution in [0.2, 0.25) is 0 Å². The number of alkyl halides is 3. The minimum Gasteiger partial charge on any atom is -0.481 e. The number of rotatable bonds is 6. The van der Waals surface area contributed by atoms with Crippen molar-refractivity contribution in [3.63, 3.8) is 0 Å². The first-order chi connectivity index (χ1) is 13.2. The lowest BCUT2D eigenvalue weighted by Crippen LogP contribution is -2.33. The fourth-order valence-electron chi connectivity index (χ4n) is 3.43. The number of hydrogen-bond donors (Lipinski definition) is 2. The number of ether oxygens (including phenoxy) is 1. The molecular formula is C20H18F3NO4. The van der Waals surface area contributed by atoms with E-state index in [2.05, 4.69) is 10.1 Å². The summed E-state index contributed by atoms with van der Waals surface area (Å²) >= 11 is 0. The molecule has 1 amide bonds. The van der Waals surface area contributed by atoms with Crippen LogP contribution in [0.5, 0.6) is 5.75 Å². The quantitative estimate of drug-likeness (QED) is 0.779. The molecule has 2 aromatic carbocycles. The molecule has 0 fully saturated rings. The number of carboxylic acid groups (broad SMARTS) is 1. The molecule has 2 aromatic rings. The van der Waals surface area contributed by atoms with Crippen LogP contribution in [-0.2, 0) is 16.0 Å². The van der Waals surface area contributed by atoms with Crippen molar-refractivity contribution in [2.75, 3.05) is 0 Å². The molecule has 0 heterocycles. The van der Waals surface area contributed by atoms with Gasteiger partial charge in [0.25, 0.3) is 0 Å². The summed E-state index contributed by atoms with van der Waals surface area (Å²) in [5.41, 5.74) is 2.39. The lowest BCUT2D eigenvalue weighted by Gasteiger charge is -2.21. The zero-order chi connectivity index (χ0) is 20.3. The molecular weight excluding hydrogens is 375 g/mol. The molecule has 0 radical (unpaired) electrons. The lowest BCUT2D eigenvalue weighted by atomic mass is 9.98. The largest absolute Gasteiger partial charge is 0.573 e. The zero-order valence-corrected chi connectivity index (χ0v) is 14.7. The Labute approximate surface area is 159 Å². The van der Waals surface area contributed by atoms with Crippen LogP contribution in [0.3, 0.4) is 0 Å². The van der Waals surface area contributed by atoms with E-state index in [9.17, 15) is 22.8 Å². The first kappa shape index (κ1) is 19.7. The number of amides is 1.